The van der Waals surface area contributed by atoms with Gasteiger partial charge in [0.1, 0.15) is 5.75 Å². The van der Waals surface area contributed by atoms with E-state index >= 15 is 0 Å². The number of imidazole rings is 1. The first-order valence-corrected chi connectivity index (χ1v) is 7.41. The highest BCUT2D eigenvalue weighted by Crippen LogP contribution is 2.22. The molecular formula is C16H17N3OS. The zero-order valence-electron chi connectivity index (χ0n) is 12.1. The zero-order chi connectivity index (χ0) is 14.8. The molecule has 4 nitrogen and oxygen atoms in total. The van der Waals surface area contributed by atoms with Crippen molar-refractivity contribution in [1.29, 1.82) is 0 Å². The summed E-state index contributed by atoms with van der Waals surface area (Å²) in [4.78, 5) is 7.67. The Morgan fingerprint density at radius 3 is 2.71 bits per heavy atom. The van der Waals surface area contributed by atoms with Crippen LogP contribution >= 0.6 is 12.2 Å². The predicted octanol–water partition coefficient (Wildman–Crippen LogP) is 4.18. The number of aromatic amines is 1. The number of fused-ring (bicyclic) bond motifs is 1. The Balaban J connectivity index is 2.06. The maximum absolute atomic E-state index is 5.61. The van der Waals surface area contributed by atoms with Crippen LogP contribution in [0.25, 0.3) is 16.9 Å². The van der Waals surface area contributed by atoms with Gasteiger partial charge in [0, 0.05) is 6.20 Å². The minimum absolute atomic E-state index is 0.647. The normalized spacial score (nSPS) is 11.0. The Kier molecular flexibility index (Phi) is 3.75. The molecule has 0 amide bonds. The molecule has 0 bridgehead atoms. The van der Waals surface area contributed by atoms with E-state index in [1.165, 1.54) is 0 Å². The van der Waals surface area contributed by atoms with Gasteiger partial charge >= 0.3 is 0 Å². The quantitative estimate of drug-likeness (QED) is 0.735. The van der Waals surface area contributed by atoms with Crippen molar-refractivity contribution < 1.29 is 4.74 Å². The van der Waals surface area contributed by atoms with E-state index < -0.39 is 0 Å². The average molecular weight is 299 g/mol. The molecule has 21 heavy (non-hydrogen) atoms. The third-order valence-electron chi connectivity index (χ3n) is 3.35. The monoisotopic (exact) mass is 299 g/mol. The van der Waals surface area contributed by atoms with E-state index in [1.807, 2.05) is 41.8 Å². The van der Waals surface area contributed by atoms with E-state index in [-0.39, 0.29) is 0 Å². The van der Waals surface area contributed by atoms with Gasteiger partial charge < -0.3 is 9.72 Å². The molecule has 2 heterocycles. The largest absolute Gasteiger partial charge is 0.494 e. The number of nitrogens with one attached hydrogen (secondary N) is 1. The Morgan fingerprint density at radius 1 is 1.24 bits per heavy atom. The van der Waals surface area contributed by atoms with Crippen LogP contribution in [0.3, 0.4) is 0 Å². The number of hydrogen-bond acceptors (Lipinski definition) is 3. The number of hydrogen-bond donors (Lipinski definition) is 1. The molecule has 0 atom stereocenters. The van der Waals surface area contributed by atoms with Crippen molar-refractivity contribution in [2.75, 3.05) is 6.61 Å². The number of ether oxygens (including phenoxy) is 1. The van der Waals surface area contributed by atoms with Crippen LogP contribution in [-0.4, -0.2) is 21.1 Å². The van der Waals surface area contributed by atoms with Crippen LogP contribution in [0.5, 0.6) is 5.75 Å². The van der Waals surface area contributed by atoms with Crippen molar-refractivity contribution in [3.05, 3.63) is 46.9 Å². The molecule has 1 N–H and O–H groups in total. The fraction of sp³-hybridized carbons (Fsp3) is 0.250. The highest BCUT2D eigenvalue weighted by Gasteiger charge is 2.09. The van der Waals surface area contributed by atoms with Crippen LogP contribution in [0.4, 0.5) is 0 Å². The fourth-order valence-corrected chi connectivity index (χ4v) is 2.57. The van der Waals surface area contributed by atoms with E-state index in [9.17, 15) is 0 Å². The molecule has 0 saturated carbocycles. The molecule has 0 unspecified atom stereocenters. The highest BCUT2D eigenvalue weighted by atomic mass is 32.1. The SMILES string of the molecule is CCCOc1ccc(-n2c(=S)[nH]c3c(C)ccnc32)cc1. The molecular weight excluding hydrogens is 282 g/mol. The molecule has 108 valence electrons. The third kappa shape index (κ3) is 2.56. The van der Waals surface area contributed by atoms with E-state index in [1.54, 1.807) is 6.20 Å². The summed E-state index contributed by atoms with van der Waals surface area (Å²) in [6.07, 6.45) is 2.80. The van der Waals surface area contributed by atoms with E-state index in [2.05, 4.69) is 16.9 Å². The van der Waals surface area contributed by atoms with E-state index in [4.69, 9.17) is 17.0 Å². The lowest BCUT2D eigenvalue weighted by molar-refractivity contribution is 0.317. The molecule has 5 heteroatoms. The Hall–Kier alpha value is -2.14. The summed E-state index contributed by atoms with van der Waals surface area (Å²) in [5.74, 6) is 0.871. The molecule has 0 fully saturated rings. The van der Waals surface area contributed by atoms with Crippen LogP contribution < -0.4 is 4.74 Å². The van der Waals surface area contributed by atoms with Crippen LogP contribution in [0.2, 0.25) is 0 Å². The first kappa shape index (κ1) is 13.8. The van der Waals surface area contributed by atoms with Crippen molar-refractivity contribution in [2.24, 2.45) is 0 Å². The van der Waals surface area contributed by atoms with E-state index in [0.29, 0.717) is 4.77 Å². The summed E-state index contributed by atoms with van der Waals surface area (Å²) in [5, 5.41) is 0. The minimum Gasteiger partial charge on any atom is -0.494 e. The Morgan fingerprint density at radius 2 is 2.00 bits per heavy atom. The minimum atomic E-state index is 0.647. The smallest absolute Gasteiger partial charge is 0.184 e. The van der Waals surface area contributed by atoms with Crippen molar-refractivity contribution >= 4 is 23.4 Å². The number of aryl methyl sites for hydroxylation is 1. The van der Waals surface area contributed by atoms with Crippen molar-refractivity contribution in [3.8, 4) is 11.4 Å². The Labute approximate surface area is 128 Å². The maximum atomic E-state index is 5.61. The van der Waals surface area contributed by atoms with Crippen molar-refractivity contribution in [3.63, 3.8) is 0 Å². The van der Waals surface area contributed by atoms with Gasteiger partial charge in [-0.3, -0.25) is 4.57 Å². The topological polar surface area (TPSA) is 42.8 Å². The van der Waals surface area contributed by atoms with Crippen LogP contribution in [0, 0.1) is 11.7 Å². The number of nitrogens with zero attached hydrogens (tertiary/aromatic N) is 2. The number of benzene rings is 1. The maximum Gasteiger partial charge on any atom is 0.184 e. The second kappa shape index (κ2) is 5.69. The van der Waals surface area contributed by atoms with Crippen LogP contribution in [0.1, 0.15) is 18.9 Å². The lowest BCUT2D eigenvalue weighted by Crippen LogP contribution is -1.97. The lowest BCUT2D eigenvalue weighted by Gasteiger charge is -2.07. The number of rotatable bonds is 4. The van der Waals surface area contributed by atoms with Gasteiger partial charge in [0.05, 0.1) is 17.8 Å². The molecule has 2 aromatic heterocycles. The molecule has 1 aromatic carbocycles. The molecule has 3 aromatic rings. The van der Waals surface area contributed by atoms with Gasteiger partial charge in [-0.15, -0.1) is 0 Å². The zero-order valence-corrected chi connectivity index (χ0v) is 12.9. The lowest BCUT2D eigenvalue weighted by atomic mass is 10.2. The molecule has 3 rings (SSSR count). The summed E-state index contributed by atoms with van der Waals surface area (Å²) < 4.78 is 8.20. The Bertz CT molecular complexity index is 818. The van der Waals surface area contributed by atoms with Gasteiger partial charge in [-0.1, -0.05) is 6.92 Å². The van der Waals surface area contributed by atoms with Gasteiger partial charge in [-0.25, -0.2) is 4.98 Å². The summed E-state index contributed by atoms with van der Waals surface area (Å²) in [5.41, 5.74) is 3.94. The molecule has 0 aliphatic carbocycles. The van der Waals surface area contributed by atoms with Crippen LogP contribution in [0.15, 0.2) is 36.5 Å². The van der Waals surface area contributed by atoms with Crippen molar-refractivity contribution in [1.82, 2.24) is 14.5 Å². The van der Waals surface area contributed by atoms with Gasteiger partial charge in [-0.05, 0) is 61.5 Å². The second-order valence-electron chi connectivity index (χ2n) is 4.93. The van der Waals surface area contributed by atoms with Gasteiger partial charge in [0.15, 0.2) is 10.4 Å². The molecule has 0 radical (unpaired) electrons. The van der Waals surface area contributed by atoms with Gasteiger partial charge in [0.25, 0.3) is 0 Å². The second-order valence-corrected chi connectivity index (χ2v) is 5.32. The first-order valence-electron chi connectivity index (χ1n) is 7.00. The van der Waals surface area contributed by atoms with Gasteiger partial charge in [0.2, 0.25) is 0 Å². The number of aromatic nitrogens is 3. The molecule has 0 spiro atoms. The number of H-pyrrole nitrogens is 1. The van der Waals surface area contributed by atoms with E-state index in [0.717, 1.165) is 41.2 Å². The summed E-state index contributed by atoms with van der Waals surface area (Å²) in [6, 6.07) is 9.89. The summed E-state index contributed by atoms with van der Waals surface area (Å²) in [6.45, 7) is 4.86. The molecule has 0 saturated heterocycles. The summed E-state index contributed by atoms with van der Waals surface area (Å²) in [7, 11) is 0. The van der Waals surface area contributed by atoms with Crippen molar-refractivity contribution in [2.45, 2.75) is 20.3 Å². The van der Waals surface area contributed by atoms with Gasteiger partial charge in [-0.2, -0.15) is 0 Å². The predicted molar refractivity (Wildman–Crippen MR) is 86.8 cm³/mol. The standard InChI is InChI=1S/C16H17N3OS/c1-3-10-20-13-6-4-12(5-7-13)19-15-14(18-16(19)21)11(2)8-9-17-15/h4-9H,3,10H2,1-2H3,(H,18,21). The average Bonchev–Trinajstić information content (AvgIpc) is 2.83. The fourth-order valence-electron chi connectivity index (χ4n) is 2.28. The molecule has 0 aliphatic rings. The number of pyridine rings is 1. The van der Waals surface area contributed by atoms with Crippen LogP contribution in [-0.2, 0) is 0 Å². The first-order chi connectivity index (χ1) is 10.2. The summed E-state index contributed by atoms with van der Waals surface area (Å²) >= 11 is 5.43. The highest BCUT2D eigenvalue weighted by molar-refractivity contribution is 7.71. The molecule has 0 aliphatic heterocycles. The third-order valence-corrected chi connectivity index (χ3v) is 3.64.